The summed E-state index contributed by atoms with van der Waals surface area (Å²) in [5, 5.41) is 6.61. The van der Waals surface area contributed by atoms with Crippen LogP contribution in [0.4, 0.5) is 5.69 Å². The molecule has 0 aromatic carbocycles. The lowest BCUT2D eigenvalue weighted by Gasteiger charge is -2.22. The number of amides is 1. The van der Waals surface area contributed by atoms with Gasteiger partial charge in [-0.1, -0.05) is 11.6 Å². The zero-order valence-electron chi connectivity index (χ0n) is 9.28. The molecule has 0 saturated carbocycles. The van der Waals surface area contributed by atoms with Gasteiger partial charge in [-0.3, -0.25) is 9.78 Å². The van der Waals surface area contributed by atoms with Crippen molar-refractivity contribution in [2.24, 2.45) is 0 Å². The summed E-state index contributed by atoms with van der Waals surface area (Å²) in [7, 11) is 0. The van der Waals surface area contributed by atoms with Gasteiger partial charge < -0.3 is 10.6 Å². The zero-order valence-corrected chi connectivity index (χ0v) is 10.9. The van der Waals surface area contributed by atoms with Crippen LogP contribution in [0.3, 0.4) is 0 Å². The minimum Gasteiger partial charge on any atom is -0.323 e. The Labute approximate surface area is 110 Å². The minimum absolute atomic E-state index is 0.0279. The van der Waals surface area contributed by atoms with Crippen LogP contribution in [0.25, 0.3) is 0 Å². The van der Waals surface area contributed by atoms with Crippen LogP contribution in [0, 0.1) is 0 Å². The van der Waals surface area contributed by atoms with E-state index in [1.54, 1.807) is 18.5 Å². The Bertz CT molecular complexity index is 396. The standard InChI is InChI=1S/C11H14ClN3OS/c12-9-1-2-13-6-10(9)15-11(16)5-8-7-17-4-3-14-8/h1-2,6,8,14H,3-5,7H2,(H,15,16). The molecule has 1 unspecified atom stereocenters. The summed E-state index contributed by atoms with van der Waals surface area (Å²) >= 11 is 7.81. The highest BCUT2D eigenvalue weighted by atomic mass is 35.5. The van der Waals surface area contributed by atoms with E-state index >= 15 is 0 Å². The van der Waals surface area contributed by atoms with Gasteiger partial charge in [0.15, 0.2) is 0 Å². The fourth-order valence-electron chi connectivity index (χ4n) is 1.65. The Balaban J connectivity index is 1.86. The molecule has 0 spiro atoms. The normalized spacial score (nSPS) is 19.9. The van der Waals surface area contributed by atoms with Gasteiger partial charge in [-0.2, -0.15) is 11.8 Å². The summed E-state index contributed by atoms with van der Waals surface area (Å²) in [6.07, 6.45) is 3.62. The molecule has 2 heterocycles. The van der Waals surface area contributed by atoms with Crippen molar-refractivity contribution >= 4 is 35.0 Å². The Morgan fingerprint density at radius 2 is 2.59 bits per heavy atom. The van der Waals surface area contributed by atoms with E-state index in [1.807, 2.05) is 11.8 Å². The summed E-state index contributed by atoms with van der Waals surface area (Å²) in [4.78, 5) is 15.7. The van der Waals surface area contributed by atoms with Gasteiger partial charge >= 0.3 is 0 Å². The van der Waals surface area contributed by atoms with Crippen molar-refractivity contribution in [3.8, 4) is 0 Å². The Morgan fingerprint density at radius 3 is 3.29 bits per heavy atom. The molecular formula is C11H14ClN3OS. The number of pyridine rings is 1. The molecule has 1 saturated heterocycles. The second kappa shape index (κ2) is 6.23. The number of halogens is 1. The summed E-state index contributed by atoms with van der Waals surface area (Å²) in [6.45, 7) is 0.969. The zero-order chi connectivity index (χ0) is 12.1. The van der Waals surface area contributed by atoms with Crippen molar-refractivity contribution in [1.82, 2.24) is 10.3 Å². The van der Waals surface area contributed by atoms with E-state index in [0.29, 0.717) is 17.1 Å². The van der Waals surface area contributed by atoms with Gasteiger partial charge in [0, 0.05) is 36.7 Å². The second-order valence-electron chi connectivity index (χ2n) is 3.83. The third-order valence-electron chi connectivity index (χ3n) is 2.47. The molecule has 2 rings (SSSR count). The monoisotopic (exact) mass is 271 g/mol. The van der Waals surface area contributed by atoms with Crippen molar-refractivity contribution in [2.45, 2.75) is 12.5 Å². The van der Waals surface area contributed by atoms with Gasteiger partial charge in [-0.25, -0.2) is 0 Å². The van der Waals surface area contributed by atoms with E-state index in [4.69, 9.17) is 11.6 Å². The van der Waals surface area contributed by atoms with E-state index in [0.717, 1.165) is 18.1 Å². The predicted octanol–water partition coefficient (Wildman–Crippen LogP) is 1.77. The van der Waals surface area contributed by atoms with Gasteiger partial charge in [0.2, 0.25) is 5.91 Å². The molecule has 0 bridgehead atoms. The average Bonchev–Trinajstić information content (AvgIpc) is 2.33. The number of aromatic nitrogens is 1. The average molecular weight is 272 g/mol. The number of hydrogen-bond donors (Lipinski definition) is 2. The molecule has 1 fully saturated rings. The van der Waals surface area contributed by atoms with Gasteiger partial charge in [0.1, 0.15) is 0 Å². The van der Waals surface area contributed by atoms with Gasteiger partial charge in [-0.15, -0.1) is 0 Å². The van der Waals surface area contributed by atoms with Gasteiger partial charge in [-0.05, 0) is 6.07 Å². The highest BCUT2D eigenvalue weighted by Gasteiger charge is 2.17. The number of hydrogen-bond acceptors (Lipinski definition) is 4. The largest absolute Gasteiger partial charge is 0.323 e. The van der Waals surface area contributed by atoms with Crippen LogP contribution in [-0.4, -0.2) is 35.0 Å². The predicted molar refractivity (Wildman–Crippen MR) is 71.6 cm³/mol. The van der Waals surface area contributed by atoms with Gasteiger partial charge in [0.25, 0.3) is 0 Å². The van der Waals surface area contributed by atoms with Crippen LogP contribution in [-0.2, 0) is 4.79 Å². The molecule has 17 heavy (non-hydrogen) atoms. The number of nitrogens with zero attached hydrogens (tertiary/aromatic N) is 1. The van der Waals surface area contributed by atoms with Crippen molar-refractivity contribution in [3.63, 3.8) is 0 Å². The van der Waals surface area contributed by atoms with Crippen LogP contribution >= 0.6 is 23.4 Å². The molecule has 0 aliphatic carbocycles. The Hall–Kier alpha value is -0.780. The molecular weight excluding hydrogens is 258 g/mol. The maximum Gasteiger partial charge on any atom is 0.226 e. The quantitative estimate of drug-likeness (QED) is 0.880. The lowest BCUT2D eigenvalue weighted by atomic mass is 10.2. The fourth-order valence-corrected chi connectivity index (χ4v) is 2.75. The van der Waals surface area contributed by atoms with Crippen molar-refractivity contribution in [2.75, 3.05) is 23.4 Å². The first-order chi connectivity index (χ1) is 8.25. The highest BCUT2D eigenvalue weighted by molar-refractivity contribution is 7.99. The smallest absolute Gasteiger partial charge is 0.226 e. The molecule has 1 atom stereocenters. The molecule has 4 nitrogen and oxygen atoms in total. The number of carbonyl (C=O) groups excluding carboxylic acids is 1. The maximum atomic E-state index is 11.8. The first-order valence-corrected chi connectivity index (χ1v) is 6.99. The Kier molecular flexibility index (Phi) is 4.65. The maximum absolute atomic E-state index is 11.8. The SMILES string of the molecule is O=C(CC1CSCCN1)Nc1cnccc1Cl. The molecule has 1 aliphatic rings. The number of rotatable bonds is 3. The molecule has 92 valence electrons. The second-order valence-corrected chi connectivity index (χ2v) is 5.39. The van der Waals surface area contributed by atoms with Crippen LogP contribution in [0.2, 0.25) is 5.02 Å². The summed E-state index contributed by atoms with van der Waals surface area (Å²) in [5.41, 5.74) is 0.572. The van der Waals surface area contributed by atoms with E-state index in [2.05, 4.69) is 15.6 Å². The van der Waals surface area contributed by atoms with Crippen LogP contribution in [0.1, 0.15) is 6.42 Å². The fraction of sp³-hybridized carbons (Fsp3) is 0.455. The number of thioether (sulfide) groups is 1. The van der Waals surface area contributed by atoms with Gasteiger partial charge in [0.05, 0.1) is 16.9 Å². The van der Waals surface area contributed by atoms with Crippen LogP contribution < -0.4 is 10.6 Å². The van der Waals surface area contributed by atoms with Crippen LogP contribution in [0.5, 0.6) is 0 Å². The molecule has 1 aromatic heterocycles. The third kappa shape index (κ3) is 3.87. The molecule has 1 aromatic rings. The van der Waals surface area contributed by atoms with Crippen molar-refractivity contribution < 1.29 is 4.79 Å². The van der Waals surface area contributed by atoms with E-state index in [1.165, 1.54) is 0 Å². The highest BCUT2D eigenvalue weighted by Crippen LogP contribution is 2.19. The summed E-state index contributed by atoms with van der Waals surface area (Å²) < 4.78 is 0. The molecule has 2 N–H and O–H groups in total. The first-order valence-electron chi connectivity index (χ1n) is 5.46. The third-order valence-corrected chi connectivity index (χ3v) is 3.93. The summed E-state index contributed by atoms with van der Waals surface area (Å²) in [6, 6.07) is 1.91. The molecule has 1 aliphatic heterocycles. The Morgan fingerprint density at radius 1 is 1.71 bits per heavy atom. The van der Waals surface area contributed by atoms with Crippen LogP contribution in [0.15, 0.2) is 18.5 Å². The van der Waals surface area contributed by atoms with Crippen molar-refractivity contribution in [1.29, 1.82) is 0 Å². The summed E-state index contributed by atoms with van der Waals surface area (Å²) in [5.74, 6) is 2.07. The molecule has 6 heteroatoms. The lowest BCUT2D eigenvalue weighted by Crippen LogP contribution is -2.39. The molecule has 0 radical (unpaired) electrons. The lowest BCUT2D eigenvalue weighted by molar-refractivity contribution is -0.116. The van der Waals surface area contributed by atoms with E-state index < -0.39 is 0 Å². The van der Waals surface area contributed by atoms with E-state index in [9.17, 15) is 4.79 Å². The minimum atomic E-state index is -0.0279. The number of carbonyl (C=O) groups is 1. The number of anilines is 1. The topological polar surface area (TPSA) is 54.0 Å². The first kappa shape index (κ1) is 12.7. The number of nitrogens with one attached hydrogen (secondary N) is 2. The van der Waals surface area contributed by atoms with E-state index in [-0.39, 0.29) is 11.9 Å². The molecule has 1 amide bonds. The van der Waals surface area contributed by atoms with Crippen molar-refractivity contribution in [3.05, 3.63) is 23.5 Å².